The van der Waals surface area contributed by atoms with E-state index >= 15 is 0 Å². The summed E-state index contributed by atoms with van der Waals surface area (Å²) in [7, 11) is -3.96. The number of nitrogens with zero attached hydrogens (tertiary/aromatic N) is 4. The van der Waals surface area contributed by atoms with E-state index in [0.717, 1.165) is 27.8 Å². The van der Waals surface area contributed by atoms with Gasteiger partial charge in [-0.1, -0.05) is 30.3 Å². The van der Waals surface area contributed by atoms with Gasteiger partial charge in [0.15, 0.2) is 0 Å². The molecular formula is C28H28N6O4S2. The van der Waals surface area contributed by atoms with Gasteiger partial charge < -0.3 is 11.1 Å². The summed E-state index contributed by atoms with van der Waals surface area (Å²) in [5, 5.41) is 20.9. The molecule has 0 saturated carbocycles. The number of sulfonamides is 1. The molecule has 2 amide bonds. The van der Waals surface area contributed by atoms with Crippen molar-refractivity contribution in [3.05, 3.63) is 81.7 Å². The van der Waals surface area contributed by atoms with E-state index in [2.05, 4.69) is 22.3 Å². The van der Waals surface area contributed by atoms with E-state index in [1.54, 1.807) is 0 Å². The van der Waals surface area contributed by atoms with Gasteiger partial charge in [0, 0.05) is 56.0 Å². The molecule has 4 rings (SSSR count). The molecule has 2 aromatic carbocycles. The zero-order valence-corrected chi connectivity index (χ0v) is 23.3. The molecule has 10 nitrogen and oxygen atoms in total. The molecule has 0 aliphatic carbocycles. The maximum Gasteiger partial charge on any atom is 0.256 e. The third-order valence-corrected chi connectivity index (χ3v) is 9.60. The summed E-state index contributed by atoms with van der Waals surface area (Å²) in [4.78, 5) is 28.7. The van der Waals surface area contributed by atoms with Crippen molar-refractivity contribution in [2.24, 2.45) is 5.73 Å². The van der Waals surface area contributed by atoms with E-state index in [-0.39, 0.29) is 36.4 Å². The first-order valence-corrected chi connectivity index (χ1v) is 14.9. The monoisotopic (exact) mass is 576 g/mol. The highest BCUT2D eigenvalue weighted by Gasteiger charge is 2.28. The van der Waals surface area contributed by atoms with Crippen molar-refractivity contribution in [3.8, 4) is 12.1 Å². The Morgan fingerprint density at radius 1 is 1.02 bits per heavy atom. The molecule has 0 bridgehead atoms. The largest absolute Gasteiger partial charge is 0.365 e. The lowest BCUT2D eigenvalue weighted by molar-refractivity contribution is 0.0999. The predicted molar refractivity (Wildman–Crippen MR) is 151 cm³/mol. The number of carbonyl (C=O) groups is 2. The molecule has 0 unspecified atom stereocenters. The fourth-order valence-corrected chi connectivity index (χ4v) is 7.32. The minimum absolute atomic E-state index is 0.0118. The number of hydrogen-bond donors (Lipinski definition) is 2. The van der Waals surface area contributed by atoms with Gasteiger partial charge in [-0.05, 0) is 41.8 Å². The van der Waals surface area contributed by atoms with E-state index in [0.29, 0.717) is 23.5 Å². The third kappa shape index (κ3) is 6.55. The van der Waals surface area contributed by atoms with Gasteiger partial charge in [0.05, 0.1) is 22.6 Å². The van der Waals surface area contributed by atoms with Crippen LogP contribution in [0.1, 0.15) is 49.6 Å². The molecule has 40 heavy (non-hydrogen) atoms. The Bertz CT molecular complexity index is 1550. The second-order valence-electron chi connectivity index (χ2n) is 9.22. The second-order valence-corrected chi connectivity index (χ2v) is 12.3. The summed E-state index contributed by atoms with van der Waals surface area (Å²) in [6.07, 6.45) is 0.609. The van der Waals surface area contributed by atoms with Crippen LogP contribution in [-0.2, 0) is 29.5 Å². The number of nitrogens with one attached hydrogen (secondary N) is 1. The number of primary amides is 1. The SMILES string of the molecule is N#CCCN(CCC#N)S(=O)(=O)c1ccc(C(=O)Nc2sc3c(c2C(N)=O)CCN(Cc2ccccc2)C3)cc1. The van der Waals surface area contributed by atoms with Crippen molar-refractivity contribution < 1.29 is 18.0 Å². The molecule has 1 aliphatic rings. The van der Waals surface area contributed by atoms with Crippen molar-refractivity contribution in [3.63, 3.8) is 0 Å². The summed E-state index contributed by atoms with van der Waals surface area (Å²) in [5.41, 5.74) is 8.28. The van der Waals surface area contributed by atoms with E-state index in [4.69, 9.17) is 16.3 Å². The molecule has 0 radical (unpaired) electrons. The van der Waals surface area contributed by atoms with Gasteiger partial charge in [-0.2, -0.15) is 14.8 Å². The number of benzene rings is 2. The molecule has 2 heterocycles. The fraction of sp³-hybridized carbons (Fsp3) is 0.286. The van der Waals surface area contributed by atoms with Gasteiger partial charge in [-0.15, -0.1) is 11.3 Å². The second kappa shape index (κ2) is 12.9. The standard InChI is InChI=1S/C28H28N6O4S2/c29-13-4-15-34(16-5-14-30)40(37,38)22-10-8-21(9-11-22)27(36)32-28-25(26(31)35)23-12-17-33(19-24(23)39-28)18-20-6-2-1-3-7-20/h1-3,6-11H,4-5,12,15-19H2,(H2,31,35)(H,32,36). The summed E-state index contributed by atoms with van der Waals surface area (Å²) in [6.45, 7) is 2.08. The average molecular weight is 577 g/mol. The quantitative estimate of drug-likeness (QED) is 0.353. The van der Waals surface area contributed by atoms with E-state index in [1.165, 1.54) is 41.2 Å². The normalized spacial score (nSPS) is 13.3. The van der Waals surface area contributed by atoms with Crippen LogP contribution < -0.4 is 11.1 Å². The summed E-state index contributed by atoms with van der Waals surface area (Å²) < 4.78 is 27.2. The van der Waals surface area contributed by atoms with E-state index in [1.807, 2.05) is 30.3 Å². The minimum atomic E-state index is -3.96. The molecule has 1 aliphatic heterocycles. The number of hydrogen-bond acceptors (Lipinski definition) is 8. The summed E-state index contributed by atoms with van der Waals surface area (Å²) in [5.74, 6) is -1.11. The predicted octanol–water partition coefficient (Wildman–Crippen LogP) is 3.48. The van der Waals surface area contributed by atoms with Crippen LogP contribution in [-0.4, -0.2) is 49.1 Å². The Morgan fingerprint density at radius 2 is 1.68 bits per heavy atom. The molecule has 12 heteroatoms. The van der Waals surface area contributed by atoms with E-state index in [9.17, 15) is 18.0 Å². The lowest BCUT2D eigenvalue weighted by Crippen LogP contribution is -2.32. The number of carbonyl (C=O) groups excluding carboxylic acids is 2. The van der Waals surface area contributed by atoms with Gasteiger partial charge in [-0.3, -0.25) is 14.5 Å². The first-order chi connectivity index (χ1) is 19.2. The fourth-order valence-electron chi connectivity index (χ4n) is 4.59. The Balaban J connectivity index is 1.50. The number of anilines is 1. The Hall–Kier alpha value is -4.07. The highest BCUT2D eigenvalue weighted by molar-refractivity contribution is 7.89. The van der Waals surface area contributed by atoms with Crippen LogP contribution in [0.3, 0.4) is 0 Å². The number of thiophene rings is 1. The minimum Gasteiger partial charge on any atom is -0.365 e. The molecule has 3 N–H and O–H groups in total. The average Bonchev–Trinajstić information content (AvgIpc) is 3.30. The molecule has 1 aromatic heterocycles. The van der Waals surface area contributed by atoms with Crippen LogP contribution in [0.2, 0.25) is 0 Å². The van der Waals surface area contributed by atoms with E-state index < -0.39 is 21.8 Å². The Labute approximate surface area is 237 Å². The first kappa shape index (κ1) is 28.9. The summed E-state index contributed by atoms with van der Waals surface area (Å²) >= 11 is 1.32. The Kier molecular flexibility index (Phi) is 9.30. The lowest BCUT2D eigenvalue weighted by atomic mass is 10.0. The topological polar surface area (TPSA) is 160 Å². The maximum absolute atomic E-state index is 13.1. The molecule has 0 fully saturated rings. The van der Waals surface area contributed by atoms with Crippen LogP contribution in [0.5, 0.6) is 0 Å². The van der Waals surface area contributed by atoms with Crippen molar-refractivity contribution >= 4 is 38.2 Å². The van der Waals surface area contributed by atoms with Crippen molar-refractivity contribution in [1.82, 2.24) is 9.21 Å². The number of fused-ring (bicyclic) bond motifs is 1. The number of amides is 2. The van der Waals surface area contributed by atoms with Gasteiger partial charge >= 0.3 is 0 Å². The highest BCUT2D eigenvalue weighted by atomic mass is 32.2. The smallest absolute Gasteiger partial charge is 0.256 e. The number of nitriles is 2. The molecule has 206 valence electrons. The van der Waals surface area contributed by atoms with Gasteiger partial charge in [0.2, 0.25) is 10.0 Å². The molecule has 3 aromatic rings. The number of nitrogens with two attached hydrogens (primary N) is 1. The van der Waals surface area contributed by atoms with Gasteiger partial charge in [0.25, 0.3) is 11.8 Å². The van der Waals surface area contributed by atoms with Crippen molar-refractivity contribution in [2.45, 2.75) is 37.2 Å². The zero-order valence-electron chi connectivity index (χ0n) is 21.7. The third-order valence-electron chi connectivity index (χ3n) is 6.56. The maximum atomic E-state index is 13.1. The van der Waals surface area contributed by atoms with Crippen molar-refractivity contribution in [1.29, 1.82) is 10.5 Å². The molecule has 0 spiro atoms. The van der Waals surface area contributed by atoms with Crippen LogP contribution >= 0.6 is 11.3 Å². The Morgan fingerprint density at radius 3 is 2.27 bits per heavy atom. The zero-order chi connectivity index (χ0) is 28.7. The lowest BCUT2D eigenvalue weighted by Gasteiger charge is -2.27. The molecule has 0 atom stereocenters. The number of rotatable bonds is 11. The summed E-state index contributed by atoms with van der Waals surface area (Å²) in [6, 6.07) is 19.3. The van der Waals surface area contributed by atoms with Crippen LogP contribution in [0, 0.1) is 22.7 Å². The van der Waals surface area contributed by atoms with Crippen molar-refractivity contribution in [2.75, 3.05) is 25.0 Å². The van der Waals surface area contributed by atoms with Gasteiger partial charge in [-0.25, -0.2) is 8.42 Å². The van der Waals surface area contributed by atoms with Crippen LogP contribution in [0.15, 0.2) is 59.5 Å². The van der Waals surface area contributed by atoms with Gasteiger partial charge in [0.1, 0.15) is 5.00 Å². The molecule has 0 saturated heterocycles. The first-order valence-electron chi connectivity index (χ1n) is 12.6. The highest BCUT2D eigenvalue weighted by Crippen LogP contribution is 2.37. The van der Waals surface area contributed by atoms with Crippen LogP contribution in [0.25, 0.3) is 0 Å². The van der Waals surface area contributed by atoms with Crippen LogP contribution in [0.4, 0.5) is 5.00 Å². The molecular weight excluding hydrogens is 548 g/mol.